The van der Waals surface area contributed by atoms with Crippen molar-refractivity contribution in [2.75, 3.05) is 33.5 Å². The number of ether oxygens (including phenoxy) is 2. The molecule has 0 aliphatic carbocycles. The summed E-state index contributed by atoms with van der Waals surface area (Å²) >= 11 is 0. The molecule has 1 N–H and O–H groups in total. The summed E-state index contributed by atoms with van der Waals surface area (Å²) in [5.74, 6) is -0.563. The molecule has 0 aromatic heterocycles. The van der Waals surface area contributed by atoms with Gasteiger partial charge in [-0.1, -0.05) is 24.3 Å². The molecule has 1 amide bonds. The molecule has 0 atom stereocenters. The first kappa shape index (κ1) is 15.4. The average molecular weight is 291 g/mol. The fourth-order valence-corrected chi connectivity index (χ4v) is 2.04. The lowest BCUT2D eigenvalue weighted by Crippen LogP contribution is -2.27. The average Bonchev–Trinajstić information content (AvgIpc) is 2.51. The minimum Gasteiger partial charge on any atom is -0.382 e. The molecule has 0 unspecified atom stereocenters. The van der Waals surface area contributed by atoms with E-state index in [4.69, 9.17) is 9.47 Å². The normalized spacial score (nSPS) is 10.8. The summed E-state index contributed by atoms with van der Waals surface area (Å²) in [6, 6.07) is 9.74. The van der Waals surface area contributed by atoms with Crippen LogP contribution in [0.1, 0.15) is 10.4 Å². The maximum Gasteiger partial charge on any atom is 0.251 e. The van der Waals surface area contributed by atoms with Crippen molar-refractivity contribution in [3.05, 3.63) is 47.8 Å². The zero-order chi connectivity index (χ0) is 15.1. The third-order valence-corrected chi connectivity index (χ3v) is 3.08. The standard InChI is InChI=1S/C16H18FNO3/c1-20-10-11-21-9-8-18-16(19)14-6-7-15(17)13-5-3-2-4-12(13)14/h2-7H,8-11H2,1H3,(H,18,19). The Labute approximate surface area is 122 Å². The Morgan fingerprint density at radius 2 is 1.86 bits per heavy atom. The molecule has 0 aliphatic heterocycles. The van der Waals surface area contributed by atoms with Crippen LogP contribution in [0.15, 0.2) is 36.4 Å². The van der Waals surface area contributed by atoms with Crippen LogP contribution in [-0.2, 0) is 9.47 Å². The largest absolute Gasteiger partial charge is 0.382 e. The van der Waals surface area contributed by atoms with Crippen LogP contribution in [0.25, 0.3) is 10.8 Å². The van der Waals surface area contributed by atoms with Crippen molar-refractivity contribution in [1.82, 2.24) is 5.32 Å². The van der Waals surface area contributed by atoms with Gasteiger partial charge in [0, 0.05) is 24.6 Å². The summed E-state index contributed by atoms with van der Waals surface area (Å²) in [7, 11) is 1.60. The smallest absolute Gasteiger partial charge is 0.251 e. The molecule has 0 fully saturated rings. The van der Waals surface area contributed by atoms with Gasteiger partial charge in [0.15, 0.2) is 0 Å². The van der Waals surface area contributed by atoms with E-state index in [1.54, 1.807) is 31.4 Å². The van der Waals surface area contributed by atoms with Gasteiger partial charge in [-0.2, -0.15) is 0 Å². The molecule has 0 bridgehead atoms. The summed E-state index contributed by atoms with van der Waals surface area (Å²) in [4.78, 5) is 12.1. The van der Waals surface area contributed by atoms with Gasteiger partial charge in [-0.25, -0.2) is 4.39 Å². The van der Waals surface area contributed by atoms with Crippen LogP contribution in [-0.4, -0.2) is 39.4 Å². The lowest BCUT2D eigenvalue weighted by atomic mass is 10.0. The Hall–Kier alpha value is -1.98. The summed E-state index contributed by atoms with van der Waals surface area (Å²) in [5.41, 5.74) is 0.462. The van der Waals surface area contributed by atoms with Gasteiger partial charge in [-0.15, -0.1) is 0 Å². The van der Waals surface area contributed by atoms with Crippen LogP contribution in [0.5, 0.6) is 0 Å². The van der Waals surface area contributed by atoms with E-state index in [9.17, 15) is 9.18 Å². The van der Waals surface area contributed by atoms with Crippen molar-refractivity contribution < 1.29 is 18.7 Å². The molecule has 0 saturated heterocycles. The van der Waals surface area contributed by atoms with E-state index < -0.39 is 0 Å². The molecule has 5 heteroatoms. The lowest BCUT2D eigenvalue weighted by molar-refractivity contribution is 0.0693. The van der Waals surface area contributed by atoms with Crippen LogP contribution in [0.4, 0.5) is 4.39 Å². The van der Waals surface area contributed by atoms with Crippen molar-refractivity contribution in [1.29, 1.82) is 0 Å². The molecule has 21 heavy (non-hydrogen) atoms. The van der Waals surface area contributed by atoms with Crippen LogP contribution in [0, 0.1) is 5.82 Å². The first-order chi connectivity index (χ1) is 10.2. The fraction of sp³-hybridized carbons (Fsp3) is 0.312. The molecular formula is C16H18FNO3. The Morgan fingerprint density at radius 1 is 1.10 bits per heavy atom. The second-order valence-electron chi connectivity index (χ2n) is 4.50. The van der Waals surface area contributed by atoms with Gasteiger partial charge >= 0.3 is 0 Å². The molecule has 0 heterocycles. The number of fused-ring (bicyclic) bond motifs is 1. The summed E-state index contributed by atoms with van der Waals surface area (Å²) in [6.45, 7) is 1.82. The zero-order valence-corrected chi connectivity index (χ0v) is 11.9. The van der Waals surface area contributed by atoms with Crippen LogP contribution >= 0.6 is 0 Å². The highest BCUT2D eigenvalue weighted by atomic mass is 19.1. The maximum atomic E-state index is 13.7. The summed E-state index contributed by atoms with van der Waals surface area (Å²) < 4.78 is 23.8. The quantitative estimate of drug-likeness (QED) is 0.797. The van der Waals surface area contributed by atoms with Gasteiger partial charge < -0.3 is 14.8 Å². The SMILES string of the molecule is COCCOCCNC(=O)c1ccc(F)c2ccccc12. The molecule has 2 aromatic rings. The highest BCUT2D eigenvalue weighted by molar-refractivity contribution is 6.07. The van der Waals surface area contributed by atoms with Crippen molar-refractivity contribution in [3.8, 4) is 0 Å². The van der Waals surface area contributed by atoms with Gasteiger partial charge in [0.1, 0.15) is 5.82 Å². The monoisotopic (exact) mass is 291 g/mol. The number of carbonyl (C=O) groups is 1. The highest BCUT2D eigenvalue weighted by Gasteiger charge is 2.11. The Kier molecular flexibility index (Phi) is 5.66. The summed E-state index contributed by atoms with van der Waals surface area (Å²) in [5, 5.41) is 3.81. The Balaban J connectivity index is 1.98. The minimum atomic E-state index is -0.329. The number of hydrogen-bond donors (Lipinski definition) is 1. The van der Waals surface area contributed by atoms with E-state index in [0.717, 1.165) is 0 Å². The third-order valence-electron chi connectivity index (χ3n) is 3.08. The van der Waals surface area contributed by atoms with Gasteiger partial charge in [0.05, 0.1) is 19.8 Å². The number of amides is 1. The lowest BCUT2D eigenvalue weighted by Gasteiger charge is -2.09. The van der Waals surface area contributed by atoms with Crippen molar-refractivity contribution in [3.63, 3.8) is 0 Å². The van der Waals surface area contributed by atoms with Gasteiger partial charge in [0.2, 0.25) is 0 Å². The second-order valence-corrected chi connectivity index (χ2v) is 4.50. The molecule has 112 valence electrons. The third kappa shape index (κ3) is 4.00. The number of hydrogen-bond acceptors (Lipinski definition) is 3. The zero-order valence-electron chi connectivity index (χ0n) is 11.9. The number of halogens is 1. The maximum absolute atomic E-state index is 13.7. The van der Waals surface area contributed by atoms with E-state index in [1.165, 1.54) is 12.1 Å². The minimum absolute atomic E-state index is 0.235. The second kappa shape index (κ2) is 7.71. The van der Waals surface area contributed by atoms with Crippen molar-refractivity contribution >= 4 is 16.7 Å². The number of benzene rings is 2. The molecule has 0 aliphatic rings. The molecule has 2 rings (SSSR count). The highest BCUT2D eigenvalue weighted by Crippen LogP contribution is 2.21. The molecule has 0 radical (unpaired) electrons. The number of methoxy groups -OCH3 is 1. The molecule has 0 saturated carbocycles. The van der Waals surface area contributed by atoms with Crippen molar-refractivity contribution in [2.24, 2.45) is 0 Å². The number of nitrogens with one attached hydrogen (secondary N) is 1. The molecule has 2 aromatic carbocycles. The van der Waals surface area contributed by atoms with E-state index in [-0.39, 0.29) is 11.7 Å². The molecular weight excluding hydrogens is 273 g/mol. The molecule has 0 spiro atoms. The van der Waals surface area contributed by atoms with Crippen molar-refractivity contribution in [2.45, 2.75) is 0 Å². The topological polar surface area (TPSA) is 47.6 Å². The van der Waals surface area contributed by atoms with E-state index in [2.05, 4.69) is 5.32 Å². The van der Waals surface area contributed by atoms with Crippen LogP contribution in [0.3, 0.4) is 0 Å². The first-order valence-corrected chi connectivity index (χ1v) is 6.76. The number of carbonyl (C=O) groups excluding carboxylic acids is 1. The first-order valence-electron chi connectivity index (χ1n) is 6.76. The summed E-state index contributed by atoms with van der Waals surface area (Å²) in [6.07, 6.45) is 0. The predicted octanol–water partition coefficient (Wildman–Crippen LogP) is 2.37. The predicted molar refractivity (Wildman–Crippen MR) is 78.9 cm³/mol. The number of rotatable bonds is 7. The fourth-order valence-electron chi connectivity index (χ4n) is 2.04. The van der Waals surface area contributed by atoms with E-state index in [1.807, 2.05) is 0 Å². The van der Waals surface area contributed by atoms with E-state index >= 15 is 0 Å². The molecule has 4 nitrogen and oxygen atoms in total. The van der Waals surface area contributed by atoms with Crippen LogP contribution in [0.2, 0.25) is 0 Å². The Morgan fingerprint density at radius 3 is 2.62 bits per heavy atom. The van der Waals surface area contributed by atoms with E-state index in [0.29, 0.717) is 42.7 Å². The van der Waals surface area contributed by atoms with Gasteiger partial charge in [-0.05, 0) is 17.5 Å². The van der Waals surface area contributed by atoms with Crippen LogP contribution < -0.4 is 5.32 Å². The Bertz CT molecular complexity index is 615. The van der Waals surface area contributed by atoms with Gasteiger partial charge in [0.25, 0.3) is 5.91 Å². The van der Waals surface area contributed by atoms with Gasteiger partial charge in [-0.3, -0.25) is 4.79 Å².